The lowest BCUT2D eigenvalue weighted by atomic mass is 9.83. The van der Waals surface area contributed by atoms with Gasteiger partial charge in [0.05, 0.1) is 0 Å². The molecule has 0 atom stereocenters. The molecule has 0 fully saturated rings. The summed E-state index contributed by atoms with van der Waals surface area (Å²) in [5.74, 6) is 0. The van der Waals surface area contributed by atoms with Crippen molar-refractivity contribution in [2.75, 3.05) is 0 Å². The maximum atomic E-state index is 6.54. The predicted octanol–water partition coefficient (Wildman–Crippen LogP) is 13.2. The minimum atomic E-state index is 0.911. The Hall–Kier alpha value is -6.18. The lowest BCUT2D eigenvalue weighted by Crippen LogP contribution is -1.92. The smallest absolute Gasteiger partial charge is 0.136 e. The second-order valence-corrected chi connectivity index (χ2v) is 12.4. The van der Waals surface area contributed by atoms with Gasteiger partial charge in [0, 0.05) is 10.8 Å². The normalized spacial score (nSPS) is 11.8. The number of fused-ring (bicyclic) bond motifs is 8. The van der Waals surface area contributed by atoms with Crippen LogP contribution in [0.2, 0.25) is 0 Å². The van der Waals surface area contributed by atoms with Crippen LogP contribution in [0.5, 0.6) is 0 Å². The van der Waals surface area contributed by atoms with Crippen LogP contribution in [0.3, 0.4) is 0 Å². The van der Waals surface area contributed by atoms with Crippen molar-refractivity contribution < 1.29 is 4.42 Å². The zero-order valence-electron chi connectivity index (χ0n) is 25.6. The van der Waals surface area contributed by atoms with Crippen LogP contribution in [0.15, 0.2) is 174 Å². The minimum Gasteiger partial charge on any atom is -0.456 e. The number of benzene rings is 9. The predicted molar refractivity (Wildman–Crippen MR) is 200 cm³/mol. The van der Waals surface area contributed by atoms with E-state index < -0.39 is 0 Å². The zero-order chi connectivity index (χ0) is 30.9. The molecule has 218 valence electrons. The summed E-state index contributed by atoms with van der Waals surface area (Å²) in [5, 5.41) is 12.3. The van der Waals surface area contributed by atoms with Crippen molar-refractivity contribution in [2.45, 2.75) is 0 Å². The number of furan rings is 1. The van der Waals surface area contributed by atoms with Crippen LogP contribution in [0.4, 0.5) is 0 Å². The standard InChI is InChI=1S/C46H28O/c1-2-12-29(13-3-1)32-25-26-40(35-17-7-6-16-34(32)35)45-38-20-10-8-18-36(38)44(37-19-9-11-21-39(37)45)31-22-24-41-43(28-31)47-42-27-23-30-14-4-5-15-33(30)46(41)42/h1-28H. The molecule has 10 aromatic rings. The van der Waals surface area contributed by atoms with E-state index in [1.54, 1.807) is 0 Å². The van der Waals surface area contributed by atoms with Gasteiger partial charge in [0.15, 0.2) is 0 Å². The summed E-state index contributed by atoms with van der Waals surface area (Å²) < 4.78 is 6.54. The molecule has 0 radical (unpaired) electrons. The van der Waals surface area contributed by atoms with E-state index in [4.69, 9.17) is 4.42 Å². The van der Waals surface area contributed by atoms with Gasteiger partial charge in [-0.1, -0.05) is 152 Å². The summed E-state index contributed by atoms with van der Waals surface area (Å²) in [6.45, 7) is 0. The Labute approximate surface area is 271 Å². The maximum Gasteiger partial charge on any atom is 0.136 e. The molecule has 0 spiro atoms. The van der Waals surface area contributed by atoms with Gasteiger partial charge in [-0.15, -0.1) is 0 Å². The molecule has 0 saturated carbocycles. The first-order valence-corrected chi connectivity index (χ1v) is 16.2. The number of hydrogen-bond donors (Lipinski definition) is 0. The topological polar surface area (TPSA) is 13.1 Å². The van der Waals surface area contributed by atoms with Crippen molar-refractivity contribution in [1.82, 2.24) is 0 Å². The largest absolute Gasteiger partial charge is 0.456 e. The zero-order valence-corrected chi connectivity index (χ0v) is 25.6. The first kappa shape index (κ1) is 26.1. The Morgan fingerprint density at radius 1 is 0.298 bits per heavy atom. The summed E-state index contributed by atoms with van der Waals surface area (Å²) >= 11 is 0. The molecule has 0 unspecified atom stereocenters. The first-order valence-electron chi connectivity index (χ1n) is 16.2. The van der Waals surface area contributed by atoms with E-state index in [0.717, 1.165) is 22.1 Å². The molecule has 0 amide bonds. The van der Waals surface area contributed by atoms with E-state index in [0.29, 0.717) is 0 Å². The molecular weight excluding hydrogens is 569 g/mol. The van der Waals surface area contributed by atoms with Gasteiger partial charge in [-0.3, -0.25) is 0 Å². The second-order valence-electron chi connectivity index (χ2n) is 12.4. The Bertz CT molecular complexity index is 2780. The van der Waals surface area contributed by atoms with Gasteiger partial charge in [0.2, 0.25) is 0 Å². The van der Waals surface area contributed by atoms with Gasteiger partial charge >= 0.3 is 0 Å². The molecule has 1 heterocycles. The average Bonchev–Trinajstić information content (AvgIpc) is 3.52. The number of hydrogen-bond acceptors (Lipinski definition) is 1. The van der Waals surface area contributed by atoms with Crippen molar-refractivity contribution in [3.63, 3.8) is 0 Å². The van der Waals surface area contributed by atoms with E-state index in [9.17, 15) is 0 Å². The molecule has 1 heteroatoms. The van der Waals surface area contributed by atoms with Crippen LogP contribution < -0.4 is 0 Å². The first-order chi connectivity index (χ1) is 23.3. The fraction of sp³-hybridized carbons (Fsp3) is 0. The fourth-order valence-corrected chi connectivity index (χ4v) is 7.82. The molecule has 1 aromatic heterocycles. The highest BCUT2D eigenvalue weighted by Gasteiger charge is 2.20. The van der Waals surface area contributed by atoms with Gasteiger partial charge in [0.25, 0.3) is 0 Å². The average molecular weight is 597 g/mol. The Morgan fingerprint density at radius 2 is 0.851 bits per heavy atom. The van der Waals surface area contributed by atoms with Crippen LogP contribution in [-0.2, 0) is 0 Å². The van der Waals surface area contributed by atoms with Gasteiger partial charge in [0.1, 0.15) is 11.2 Å². The third-order valence-electron chi connectivity index (χ3n) is 9.86. The summed E-state index contributed by atoms with van der Waals surface area (Å²) in [5.41, 5.74) is 9.23. The second kappa shape index (κ2) is 10.2. The summed E-state index contributed by atoms with van der Waals surface area (Å²) in [4.78, 5) is 0. The van der Waals surface area contributed by atoms with Crippen molar-refractivity contribution in [1.29, 1.82) is 0 Å². The molecular formula is C46H28O. The Kier molecular flexibility index (Phi) is 5.64. The van der Waals surface area contributed by atoms with Gasteiger partial charge in [-0.2, -0.15) is 0 Å². The summed E-state index contributed by atoms with van der Waals surface area (Å²) in [7, 11) is 0. The fourth-order valence-electron chi connectivity index (χ4n) is 7.82. The maximum absolute atomic E-state index is 6.54. The molecule has 0 aliphatic heterocycles. The van der Waals surface area contributed by atoms with Crippen molar-refractivity contribution in [3.8, 4) is 33.4 Å². The highest BCUT2D eigenvalue weighted by molar-refractivity contribution is 6.25. The highest BCUT2D eigenvalue weighted by Crippen LogP contribution is 2.47. The molecule has 10 rings (SSSR count). The molecule has 1 nitrogen and oxygen atoms in total. The van der Waals surface area contributed by atoms with E-state index in [1.165, 1.54) is 76.3 Å². The molecule has 0 aliphatic carbocycles. The Balaban J connectivity index is 1.26. The van der Waals surface area contributed by atoms with Crippen LogP contribution in [-0.4, -0.2) is 0 Å². The number of rotatable bonds is 3. The molecule has 0 bridgehead atoms. The highest BCUT2D eigenvalue weighted by atomic mass is 16.3. The van der Waals surface area contributed by atoms with Crippen LogP contribution in [0, 0.1) is 0 Å². The van der Waals surface area contributed by atoms with Crippen molar-refractivity contribution in [2.24, 2.45) is 0 Å². The molecule has 0 saturated heterocycles. The molecule has 47 heavy (non-hydrogen) atoms. The summed E-state index contributed by atoms with van der Waals surface area (Å²) in [6.07, 6.45) is 0. The SMILES string of the molecule is c1ccc(-c2ccc(-c3c4ccccc4c(-c4ccc5c(c4)oc4ccc6ccccc6c45)c4ccccc34)c3ccccc23)cc1. The van der Waals surface area contributed by atoms with Gasteiger partial charge < -0.3 is 4.42 Å². The molecule has 9 aromatic carbocycles. The lowest BCUT2D eigenvalue weighted by Gasteiger charge is -2.19. The van der Waals surface area contributed by atoms with Crippen molar-refractivity contribution in [3.05, 3.63) is 170 Å². The van der Waals surface area contributed by atoms with Crippen LogP contribution in [0.25, 0.3) is 98.4 Å². The Morgan fingerprint density at radius 3 is 1.55 bits per heavy atom. The van der Waals surface area contributed by atoms with E-state index in [-0.39, 0.29) is 0 Å². The molecule has 0 aliphatic rings. The van der Waals surface area contributed by atoms with E-state index in [1.807, 2.05) is 0 Å². The minimum absolute atomic E-state index is 0.911. The molecule has 0 N–H and O–H groups in total. The van der Waals surface area contributed by atoms with Crippen LogP contribution in [0.1, 0.15) is 0 Å². The van der Waals surface area contributed by atoms with Gasteiger partial charge in [-0.25, -0.2) is 0 Å². The van der Waals surface area contributed by atoms with E-state index >= 15 is 0 Å². The third-order valence-corrected chi connectivity index (χ3v) is 9.86. The van der Waals surface area contributed by atoms with Gasteiger partial charge in [-0.05, 0) is 94.7 Å². The monoisotopic (exact) mass is 596 g/mol. The third kappa shape index (κ3) is 3.90. The van der Waals surface area contributed by atoms with Crippen molar-refractivity contribution >= 4 is 65.0 Å². The summed E-state index contributed by atoms with van der Waals surface area (Å²) in [6, 6.07) is 61.5. The quantitative estimate of drug-likeness (QED) is 0.185. The lowest BCUT2D eigenvalue weighted by molar-refractivity contribution is 0.669. The van der Waals surface area contributed by atoms with Crippen LogP contribution >= 0.6 is 0 Å². The van der Waals surface area contributed by atoms with E-state index in [2.05, 4.69) is 170 Å².